The summed E-state index contributed by atoms with van der Waals surface area (Å²) in [6.07, 6.45) is 3.78. The van der Waals surface area contributed by atoms with Crippen LogP contribution in [0.5, 0.6) is 0 Å². The molecule has 0 aliphatic carbocycles. The van der Waals surface area contributed by atoms with Crippen LogP contribution in [0.1, 0.15) is 16.7 Å². The minimum absolute atomic E-state index is 0.852. The normalized spacial score (nSPS) is 10.5. The van der Waals surface area contributed by atoms with Gasteiger partial charge in [0, 0.05) is 30.0 Å². The molecule has 0 radical (unpaired) electrons. The van der Waals surface area contributed by atoms with Crippen LogP contribution in [0.25, 0.3) is 0 Å². The summed E-state index contributed by atoms with van der Waals surface area (Å²) in [4.78, 5) is 4.18. The molecule has 0 aliphatic rings. The Hall–Kier alpha value is -1.19. The van der Waals surface area contributed by atoms with Crippen molar-refractivity contribution in [3.63, 3.8) is 0 Å². The molecule has 88 valence electrons. The zero-order valence-corrected chi connectivity index (χ0v) is 11.4. The average molecular weight is 291 g/mol. The highest BCUT2D eigenvalue weighted by molar-refractivity contribution is 9.10. The first-order valence-corrected chi connectivity index (χ1v) is 6.39. The minimum atomic E-state index is 0.852. The van der Waals surface area contributed by atoms with Crippen LogP contribution in [0, 0.1) is 6.92 Å². The molecule has 0 amide bonds. The van der Waals surface area contributed by atoms with Gasteiger partial charge in [-0.3, -0.25) is 4.98 Å². The molecule has 0 spiro atoms. The minimum Gasteiger partial charge on any atom is -0.309 e. The van der Waals surface area contributed by atoms with Gasteiger partial charge in [0.25, 0.3) is 0 Å². The highest BCUT2D eigenvalue weighted by Crippen LogP contribution is 2.10. The monoisotopic (exact) mass is 290 g/mol. The molecule has 0 saturated heterocycles. The molecule has 2 rings (SSSR count). The summed E-state index contributed by atoms with van der Waals surface area (Å²) in [5, 5.41) is 3.41. The largest absolute Gasteiger partial charge is 0.309 e. The second kappa shape index (κ2) is 5.94. The van der Waals surface area contributed by atoms with Crippen LogP contribution in [0.2, 0.25) is 0 Å². The number of aromatic nitrogens is 1. The number of pyridine rings is 1. The lowest BCUT2D eigenvalue weighted by atomic mass is 10.2. The fraction of sp³-hybridized carbons (Fsp3) is 0.214. The SMILES string of the molecule is Cc1cncc(CNCc2ccc(Br)cc2)c1. The molecule has 3 heteroatoms. The maximum Gasteiger partial charge on any atom is 0.0313 e. The number of benzene rings is 1. The second-order valence-corrected chi connectivity index (χ2v) is 5.02. The van der Waals surface area contributed by atoms with Gasteiger partial charge in [0.15, 0.2) is 0 Å². The van der Waals surface area contributed by atoms with Crippen molar-refractivity contribution in [1.82, 2.24) is 10.3 Å². The summed E-state index contributed by atoms with van der Waals surface area (Å²) >= 11 is 3.43. The van der Waals surface area contributed by atoms with Crippen molar-refractivity contribution in [2.75, 3.05) is 0 Å². The molecule has 0 bridgehead atoms. The molecule has 0 aliphatic heterocycles. The Kier molecular flexibility index (Phi) is 4.29. The summed E-state index contributed by atoms with van der Waals surface area (Å²) in [5.74, 6) is 0. The van der Waals surface area contributed by atoms with Gasteiger partial charge >= 0.3 is 0 Å². The van der Waals surface area contributed by atoms with Gasteiger partial charge < -0.3 is 5.32 Å². The van der Waals surface area contributed by atoms with Gasteiger partial charge in [-0.15, -0.1) is 0 Å². The van der Waals surface area contributed by atoms with E-state index in [0.29, 0.717) is 0 Å². The predicted molar refractivity (Wildman–Crippen MR) is 73.7 cm³/mol. The van der Waals surface area contributed by atoms with E-state index in [-0.39, 0.29) is 0 Å². The van der Waals surface area contributed by atoms with Crippen molar-refractivity contribution in [2.45, 2.75) is 20.0 Å². The molecule has 0 atom stereocenters. The topological polar surface area (TPSA) is 24.9 Å². The zero-order valence-electron chi connectivity index (χ0n) is 9.78. The highest BCUT2D eigenvalue weighted by atomic mass is 79.9. The van der Waals surface area contributed by atoms with E-state index in [1.165, 1.54) is 16.7 Å². The first-order chi connectivity index (χ1) is 8.24. The fourth-order valence-electron chi connectivity index (χ4n) is 1.67. The lowest BCUT2D eigenvalue weighted by molar-refractivity contribution is 0.691. The number of nitrogens with one attached hydrogen (secondary N) is 1. The van der Waals surface area contributed by atoms with Crippen LogP contribution < -0.4 is 5.32 Å². The molecule has 1 heterocycles. The highest BCUT2D eigenvalue weighted by Gasteiger charge is 1.95. The number of hydrogen-bond donors (Lipinski definition) is 1. The van der Waals surface area contributed by atoms with Gasteiger partial charge in [-0.05, 0) is 35.7 Å². The number of hydrogen-bond acceptors (Lipinski definition) is 2. The Morgan fingerprint density at radius 1 is 1.06 bits per heavy atom. The van der Waals surface area contributed by atoms with E-state index in [0.717, 1.165) is 17.6 Å². The van der Waals surface area contributed by atoms with E-state index < -0.39 is 0 Å². The van der Waals surface area contributed by atoms with E-state index in [1.54, 1.807) is 0 Å². The summed E-state index contributed by atoms with van der Waals surface area (Å²) in [6, 6.07) is 10.5. The van der Waals surface area contributed by atoms with Crippen molar-refractivity contribution >= 4 is 15.9 Å². The molecule has 2 aromatic rings. The summed E-state index contributed by atoms with van der Waals surface area (Å²) in [6.45, 7) is 3.79. The Bertz CT molecular complexity index is 480. The van der Waals surface area contributed by atoms with E-state index in [2.05, 4.69) is 63.5 Å². The van der Waals surface area contributed by atoms with Crippen LogP contribution in [0.3, 0.4) is 0 Å². The smallest absolute Gasteiger partial charge is 0.0313 e. The van der Waals surface area contributed by atoms with Crippen molar-refractivity contribution < 1.29 is 0 Å². The average Bonchev–Trinajstić information content (AvgIpc) is 2.32. The van der Waals surface area contributed by atoms with Crippen LogP contribution in [-0.2, 0) is 13.1 Å². The lowest BCUT2D eigenvalue weighted by Gasteiger charge is -2.05. The van der Waals surface area contributed by atoms with Crippen molar-refractivity contribution in [3.8, 4) is 0 Å². The van der Waals surface area contributed by atoms with Gasteiger partial charge in [0.1, 0.15) is 0 Å². The Balaban J connectivity index is 1.85. The summed E-state index contributed by atoms with van der Waals surface area (Å²) in [7, 11) is 0. The van der Waals surface area contributed by atoms with Gasteiger partial charge in [-0.25, -0.2) is 0 Å². The van der Waals surface area contributed by atoms with Gasteiger partial charge in [0.05, 0.1) is 0 Å². The van der Waals surface area contributed by atoms with E-state index in [4.69, 9.17) is 0 Å². The second-order valence-electron chi connectivity index (χ2n) is 4.10. The summed E-state index contributed by atoms with van der Waals surface area (Å²) in [5.41, 5.74) is 3.71. The molecular weight excluding hydrogens is 276 g/mol. The lowest BCUT2D eigenvalue weighted by Crippen LogP contribution is -2.12. The molecule has 0 fully saturated rings. The van der Waals surface area contributed by atoms with Crippen LogP contribution in [-0.4, -0.2) is 4.98 Å². The Morgan fingerprint density at radius 2 is 1.76 bits per heavy atom. The maximum atomic E-state index is 4.18. The fourth-order valence-corrected chi connectivity index (χ4v) is 1.93. The van der Waals surface area contributed by atoms with Gasteiger partial charge in [0.2, 0.25) is 0 Å². The number of rotatable bonds is 4. The van der Waals surface area contributed by atoms with Crippen LogP contribution >= 0.6 is 15.9 Å². The predicted octanol–water partition coefficient (Wildman–Crippen LogP) is 3.44. The van der Waals surface area contributed by atoms with Crippen molar-refractivity contribution in [2.24, 2.45) is 0 Å². The molecule has 1 N–H and O–H groups in total. The van der Waals surface area contributed by atoms with E-state index >= 15 is 0 Å². The Labute approximate surface area is 110 Å². The van der Waals surface area contributed by atoms with Crippen LogP contribution in [0.15, 0.2) is 47.2 Å². The van der Waals surface area contributed by atoms with Crippen molar-refractivity contribution in [1.29, 1.82) is 0 Å². The molecule has 1 aromatic carbocycles. The molecular formula is C14H15BrN2. The molecule has 1 aromatic heterocycles. The number of halogens is 1. The first kappa shape index (κ1) is 12.3. The quantitative estimate of drug-likeness (QED) is 0.933. The van der Waals surface area contributed by atoms with E-state index in [9.17, 15) is 0 Å². The molecule has 17 heavy (non-hydrogen) atoms. The third-order valence-corrected chi connectivity index (χ3v) is 3.03. The molecule has 2 nitrogen and oxygen atoms in total. The maximum absolute atomic E-state index is 4.18. The third kappa shape index (κ3) is 3.95. The number of nitrogens with zero attached hydrogens (tertiary/aromatic N) is 1. The number of aryl methyl sites for hydroxylation is 1. The first-order valence-electron chi connectivity index (χ1n) is 5.60. The molecule has 0 saturated carbocycles. The molecule has 0 unspecified atom stereocenters. The summed E-state index contributed by atoms with van der Waals surface area (Å²) < 4.78 is 1.11. The third-order valence-electron chi connectivity index (χ3n) is 2.50. The zero-order chi connectivity index (χ0) is 12.1. The van der Waals surface area contributed by atoms with Crippen molar-refractivity contribution in [3.05, 3.63) is 63.9 Å². The van der Waals surface area contributed by atoms with Crippen LogP contribution in [0.4, 0.5) is 0 Å². The van der Waals surface area contributed by atoms with Gasteiger partial charge in [-0.1, -0.05) is 34.1 Å². The van der Waals surface area contributed by atoms with Gasteiger partial charge in [-0.2, -0.15) is 0 Å². The standard InChI is InChI=1S/C14H15BrN2/c1-11-6-13(9-16-7-11)10-17-8-12-2-4-14(15)5-3-12/h2-7,9,17H,8,10H2,1H3. The Morgan fingerprint density at radius 3 is 2.47 bits per heavy atom. The van der Waals surface area contributed by atoms with E-state index in [1.807, 2.05) is 12.4 Å².